The van der Waals surface area contributed by atoms with E-state index in [2.05, 4.69) is 17.2 Å². The van der Waals surface area contributed by atoms with Crippen LogP contribution in [0, 0.1) is 5.82 Å². The van der Waals surface area contributed by atoms with E-state index >= 15 is 0 Å². The molecule has 1 aromatic carbocycles. The molecule has 1 unspecified atom stereocenters. The van der Waals surface area contributed by atoms with Gasteiger partial charge in [0.05, 0.1) is 0 Å². The maximum atomic E-state index is 13.1. The predicted octanol–water partition coefficient (Wildman–Crippen LogP) is 4.16. The molecule has 106 valence electrons. The van der Waals surface area contributed by atoms with E-state index in [1.807, 2.05) is 12.1 Å². The van der Waals surface area contributed by atoms with Gasteiger partial charge in [-0.05, 0) is 54.8 Å². The number of benzene rings is 1. The molecule has 0 bridgehead atoms. The van der Waals surface area contributed by atoms with Crippen LogP contribution in [0.25, 0.3) is 0 Å². The number of halogens is 2. The van der Waals surface area contributed by atoms with Gasteiger partial charge in [-0.2, -0.15) is 0 Å². The largest absolute Gasteiger partial charge is 0.310 e. The van der Waals surface area contributed by atoms with Crippen LogP contribution in [-0.4, -0.2) is 11.5 Å². The minimum absolute atomic E-state index is 0.154. The highest BCUT2D eigenvalue weighted by molar-refractivity contribution is 6.31. The Morgan fingerprint density at radius 1 is 1.25 bits per heavy atom. The van der Waals surface area contributed by atoms with Crippen molar-refractivity contribution in [3.05, 3.63) is 64.7 Å². The van der Waals surface area contributed by atoms with E-state index in [9.17, 15) is 4.39 Å². The fourth-order valence-corrected chi connectivity index (χ4v) is 2.37. The monoisotopic (exact) mass is 292 g/mol. The molecule has 0 amide bonds. The Morgan fingerprint density at radius 2 is 2.00 bits per heavy atom. The molecule has 4 heteroatoms. The van der Waals surface area contributed by atoms with E-state index in [-0.39, 0.29) is 11.9 Å². The predicted molar refractivity (Wildman–Crippen MR) is 80.4 cm³/mol. The first-order chi connectivity index (χ1) is 9.70. The number of hydrogen-bond donors (Lipinski definition) is 1. The zero-order chi connectivity index (χ0) is 14.4. The Morgan fingerprint density at radius 3 is 2.65 bits per heavy atom. The first kappa shape index (κ1) is 14.9. The van der Waals surface area contributed by atoms with Crippen molar-refractivity contribution in [1.82, 2.24) is 10.3 Å². The van der Waals surface area contributed by atoms with E-state index in [0.29, 0.717) is 5.02 Å². The van der Waals surface area contributed by atoms with Crippen molar-refractivity contribution in [1.29, 1.82) is 0 Å². The summed E-state index contributed by atoms with van der Waals surface area (Å²) in [5.74, 6) is -0.305. The van der Waals surface area contributed by atoms with Crippen molar-refractivity contribution in [3.8, 4) is 0 Å². The summed E-state index contributed by atoms with van der Waals surface area (Å²) in [5.41, 5.74) is 2.10. The molecule has 2 nitrogen and oxygen atoms in total. The molecule has 2 aromatic rings. The number of aromatic nitrogens is 1. The molecule has 1 heterocycles. The third-order valence-electron chi connectivity index (χ3n) is 3.19. The second-order valence-electron chi connectivity index (χ2n) is 4.73. The molecule has 0 aliphatic rings. The van der Waals surface area contributed by atoms with E-state index in [1.165, 1.54) is 12.1 Å². The third kappa shape index (κ3) is 4.02. The summed E-state index contributed by atoms with van der Waals surface area (Å²) in [6.45, 7) is 3.05. The zero-order valence-electron chi connectivity index (χ0n) is 11.4. The van der Waals surface area contributed by atoms with Gasteiger partial charge in [-0.1, -0.05) is 24.6 Å². The summed E-state index contributed by atoms with van der Waals surface area (Å²) in [6.07, 6.45) is 5.34. The first-order valence-electron chi connectivity index (χ1n) is 6.78. The Hall–Kier alpha value is -1.45. The molecule has 0 spiro atoms. The summed E-state index contributed by atoms with van der Waals surface area (Å²) >= 11 is 6.11. The minimum Gasteiger partial charge on any atom is -0.310 e. The van der Waals surface area contributed by atoms with Crippen LogP contribution in [-0.2, 0) is 6.42 Å². The lowest BCUT2D eigenvalue weighted by molar-refractivity contribution is 0.528. The second-order valence-corrected chi connectivity index (χ2v) is 5.13. The van der Waals surface area contributed by atoms with Crippen LogP contribution in [0.1, 0.15) is 30.5 Å². The van der Waals surface area contributed by atoms with Gasteiger partial charge in [0.1, 0.15) is 5.82 Å². The molecule has 0 aliphatic heterocycles. The Bertz CT molecular complexity index is 545. The topological polar surface area (TPSA) is 24.9 Å². The van der Waals surface area contributed by atoms with E-state index in [0.717, 1.165) is 30.5 Å². The number of hydrogen-bond acceptors (Lipinski definition) is 2. The van der Waals surface area contributed by atoms with Gasteiger partial charge in [-0.3, -0.25) is 4.98 Å². The molecular formula is C16H18ClFN2. The number of nitrogens with one attached hydrogen (secondary N) is 1. The minimum atomic E-state index is -0.305. The second kappa shape index (κ2) is 7.36. The van der Waals surface area contributed by atoms with Crippen molar-refractivity contribution in [2.45, 2.75) is 25.8 Å². The summed E-state index contributed by atoms with van der Waals surface area (Å²) < 4.78 is 13.1. The van der Waals surface area contributed by atoms with E-state index < -0.39 is 0 Å². The van der Waals surface area contributed by atoms with Gasteiger partial charge in [-0.15, -0.1) is 0 Å². The number of rotatable bonds is 6. The lowest BCUT2D eigenvalue weighted by atomic mass is 9.99. The van der Waals surface area contributed by atoms with E-state index in [4.69, 9.17) is 11.6 Å². The van der Waals surface area contributed by atoms with Crippen molar-refractivity contribution in [2.24, 2.45) is 0 Å². The van der Waals surface area contributed by atoms with Crippen LogP contribution in [0.3, 0.4) is 0 Å². The van der Waals surface area contributed by atoms with Crippen LogP contribution in [0.4, 0.5) is 4.39 Å². The van der Waals surface area contributed by atoms with Gasteiger partial charge < -0.3 is 5.32 Å². The molecular weight excluding hydrogens is 275 g/mol. The van der Waals surface area contributed by atoms with Gasteiger partial charge in [0.2, 0.25) is 0 Å². The number of nitrogens with zero attached hydrogens (tertiary/aromatic N) is 1. The quantitative estimate of drug-likeness (QED) is 0.865. The molecule has 0 aliphatic carbocycles. The maximum absolute atomic E-state index is 13.1. The number of pyridine rings is 1. The smallest absolute Gasteiger partial charge is 0.124 e. The highest BCUT2D eigenvalue weighted by Crippen LogP contribution is 2.24. The molecule has 0 fully saturated rings. The highest BCUT2D eigenvalue weighted by Gasteiger charge is 2.13. The highest BCUT2D eigenvalue weighted by atomic mass is 35.5. The fourth-order valence-electron chi connectivity index (χ4n) is 2.13. The molecule has 2 rings (SSSR count). The summed E-state index contributed by atoms with van der Waals surface area (Å²) in [5, 5.41) is 3.97. The fraction of sp³-hybridized carbons (Fsp3) is 0.312. The van der Waals surface area contributed by atoms with Crippen LogP contribution in [0.5, 0.6) is 0 Å². The molecule has 0 radical (unpaired) electrons. The average Bonchev–Trinajstić information content (AvgIpc) is 2.46. The van der Waals surface area contributed by atoms with Crippen LogP contribution >= 0.6 is 11.6 Å². The van der Waals surface area contributed by atoms with Gasteiger partial charge >= 0.3 is 0 Å². The van der Waals surface area contributed by atoms with Crippen LogP contribution < -0.4 is 5.32 Å². The van der Waals surface area contributed by atoms with Crippen molar-refractivity contribution in [3.63, 3.8) is 0 Å². The van der Waals surface area contributed by atoms with Crippen molar-refractivity contribution >= 4 is 11.6 Å². The normalized spacial score (nSPS) is 12.3. The van der Waals surface area contributed by atoms with Crippen LogP contribution in [0.2, 0.25) is 5.02 Å². The lowest BCUT2D eigenvalue weighted by Gasteiger charge is -2.19. The standard InChI is InChI=1S/C16H18ClFN2/c1-2-7-20-16(12-5-8-19-9-6-12)10-13-3-4-14(18)11-15(13)17/h3-6,8-9,11,16,20H,2,7,10H2,1H3. The van der Waals surface area contributed by atoms with E-state index in [1.54, 1.807) is 18.5 Å². The van der Waals surface area contributed by atoms with Gasteiger partial charge in [0.15, 0.2) is 0 Å². The lowest BCUT2D eigenvalue weighted by Crippen LogP contribution is -2.24. The molecule has 0 saturated carbocycles. The van der Waals surface area contributed by atoms with Crippen LogP contribution in [0.15, 0.2) is 42.7 Å². The third-order valence-corrected chi connectivity index (χ3v) is 3.54. The average molecular weight is 293 g/mol. The van der Waals surface area contributed by atoms with Crippen molar-refractivity contribution in [2.75, 3.05) is 6.54 Å². The van der Waals surface area contributed by atoms with Gasteiger partial charge in [0.25, 0.3) is 0 Å². The SMILES string of the molecule is CCCNC(Cc1ccc(F)cc1Cl)c1ccncc1. The molecule has 0 saturated heterocycles. The molecule has 1 aromatic heterocycles. The Kier molecular flexibility index (Phi) is 5.50. The zero-order valence-corrected chi connectivity index (χ0v) is 12.2. The molecule has 1 atom stereocenters. The van der Waals surface area contributed by atoms with Crippen molar-refractivity contribution < 1.29 is 4.39 Å². The summed E-state index contributed by atoms with van der Waals surface area (Å²) in [6, 6.07) is 8.70. The summed E-state index contributed by atoms with van der Waals surface area (Å²) in [7, 11) is 0. The Balaban J connectivity index is 2.19. The molecule has 1 N–H and O–H groups in total. The maximum Gasteiger partial charge on any atom is 0.124 e. The summed E-state index contributed by atoms with van der Waals surface area (Å²) in [4.78, 5) is 4.04. The van der Waals surface area contributed by atoms with Gasteiger partial charge in [-0.25, -0.2) is 4.39 Å². The molecule has 20 heavy (non-hydrogen) atoms. The Labute approximate surface area is 124 Å². The first-order valence-corrected chi connectivity index (χ1v) is 7.15. The van der Waals surface area contributed by atoms with Gasteiger partial charge in [0, 0.05) is 23.5 Å².